The number of hydrogen-bond acceptors (Lipinski definition) is 6. The number of likely N-dealkylation sites (N-methyl/N-ethyl adjacent to an activating group) is 1. The van der Waals surface area contributed by atoms with Crippen LogP contribution in [0.5, 0.6) is 0 Å². The van der Waals surface area contributed by atoms with Crippen molar-refractivity contribution in [2.24, 2.45) is 0 Å². The predicted molar refractivity (Wildman–Crippen MR) is 106 cm³/mol. The van der Waals surface area contributed by atoms with Crippen molar-refractivity contribution in [1.82, 2.24) is 20.2 Å². The maximum absolute atomic E-state index is 12.3. The molecular formula is C19H27N5OS. The first-order valence-corrected chi connectivity index (χ1v) is 10.1. The van der Waals surface area contributed by atoms with Crippen molar-refractivity contribution in [1.29, 1.82) is 0 Å². The standard InChI is InChI=1S/C19H27N5OS/c1-4-15-13-26-18(22-15)11-21-19(25)14-6-7-17(20-10-14)24-9-8-23(3)16(5-2)12-24/h6-7,10,13,16H,4-5,8-9,11-12H2,1-3H3,(H,21,25)/t16-/m1/s1. The minimum atomic E-state index is -0.109. The maximum atomic E-state index is 12.3. The number of thiazole rings is 1. The molecule has 0 bridgehead atoms. The van der Waals surface area contributed by atoms with Crippen LogP contribution in [0.25, 0.3) is 0 Å². The number of nitrogens with zero attached hydrogens (tertiary/aromatic N) is 4. The lowest BCUT2D eigenvalue weighted by atomic mass is 10.1. The minimum absolute atomic E-state index is 0.109. The molecule has 1 amide bonds. The van der Waals surface area contributed by atoms with E-state index in [0.717, 1.165) is 49.0 Å². The third-order valence-electron chi connectivity index (χ3n) is 4.94. The monoisotopic (exact) mass is 373 g/mol. The number of hydrogen-bond donors (Lipinski definition) is 1. The molecule has 0 spiro atoms. The molecule has 1 aliphatic heterocycles. The van der Waals surface area contributed by atoms with Gasteiger partial charge in [-0.15, -0.1) is 11.3 Å². The Bertz CT molecular complexity index is 730. The first-order valence-electron chi connectivity index (χ1n) is 9.23. The van der Waals surface area contributed by atoms with E-state index in [0.29, 0.717) is 18.2 Å². The van der Waals surface area contributed by atoms with Gasteiger partial charge >= 0.3 is 0 Å². The third kappa shape index (κ3) is 4.40. The molecule has 2 aromatic rings. The number of carbonyl (C=O) groups is 1. The van der Waals surface area contributed by atoms with Crippen LogP contribution in [0.2, 0.25) is 0 Å². The highest BCUT2D eigenvalue weighted by Gasteiger charge is 2.23. The molecular weight excluding hydrogens is 346 g/mol. The second-order valence-corrected chi connectivity index (χ2v) is 7.61. The van der Waals surface area contributed by atoms with E-state index in [9.17, 15) is 4.79 Å². The lowest BCUT2D eigenvalue weighted by Crippen LogP contribution is -2.51. The zero-order chi connectivity index (χ0) is 18.5. The van der Waals surface area contributed by atoms with Crippen LogP contribution in [0, 0.1) is 0 Å². The fourth-order valence-electron chi connectivity index (χ4n) is 3.15. The van der Waals surface area contributed by atoms with Crippen molar-refractivity contribution >= 4 is 23.1 Å². The summed E-state index contributed by atoms with van der Waals surface area (Å²) in [4.78, 5) is 26.0. The number of nitrogens with one attached hydrogen (secondary N) is 1. The van der Waals surface area contributed by atoms with E-state index in [1.165, 1.54) is 0 Å². The van der Waals surface area contributed by atoms with Gasteiger partial charge in [-0.3, -0.25) is 9.69 Å². The van der Waals surface area contributed by atoms with Gasteiger partial charge in [0, 0.05) is 37.3 Å². The summed E-state index contributed by atoms with van der Waals surface area (Å²) in [6.45, 7) is 7.74. The normalized spacial score (nSPS) is 18.1. The Morgan fingerprint density at radius 3 is 2.85 bits per heavy atom. The topological polar surface area (TPSA) is 61.4 Å². The molecule has 7 heteroatoms. The van der Waals surface area contributed by atoms with E-state index < -0.39 is 0 Å². The zero-order valence-corrected chi connectivity index (χ0v) is 16.6. The van der Waals surface area contributed by atoms with Crippen LogP contribution in [-0.4, -0.2) is 53.5 Å². The van der Waals surface area contributed by atoms with Crippen LogP contribution in [0.15, 0.2) is 23.7 Å². The van der Waals surface area contributed by atoms with Crippen molar-refractivity contribution < 1.29 is 4.79 Å². The Balaban J connectivity index is 1.57. The van der Waals surface area contributed by atoms with Gasteiger partial charge < -0.3 is 10.2 Å². The van der Waals surface area contributed by atoms with Gasteiger partial charge in [0.25, 0.3) is 5.91 Å². The SMILES string of the molecule is CCc1csc(CNC(=O)c2ccc(N3CCN(C)[C@H](CC)C3)nc2)n1. The Labute approximate surface area is 159 Å². The van der Waals surface area contributed by atoms with Gasteiger partial charge in [-0.1, -0.05) is 13.8 Å². The van der Waals surface area contributed by atoms with Crippen molar-refractivity contribution in [3.8, 4) is 0 Å². The molecule has 0 radical (unpaired) electrons. The summed E-state index contributed by atoms with van der Waals surface area (Å²) in [6, 6.07) is 4.36. The fraction of sp³-hybridized carbons (Fsp3) is 0.526. The van der Waals surface area contributed by atoms with E-state index in [-0.39, 0.29) is 5.91 Å². The third-order valence-corrected chi connectivity index (χ3v) is 5.84. The van der Waals surface area contributed by atoms with E-state index in [1.807, 2.05) is 17.5 Å². The van der Waals surface area contributed by atoms with E-state index in [1.54, 1.807) is 17.5 Å². The highest BCUT2D eigenvalue weighted by molar-refractivity contribution is 7.09. The summed E-state index contributed by atoms with van der Waals surface area (Å²) in [5.41, 5.74) is 1.66. The maximum Gasteiger partial charge on any atom is 0.253 e. The summed E-state index contributed by atoms with van der Waals surface area (Å²) in [5.74, 6) is 0.836. The van der Waals surface area contributed by atoms with E-state index in [4.69, 9.17) is 0 Å². The fourth-order valence-corrected chi connectivity index (χ4v) is 3.97. The molecule has 1 N–H and O–H groups in total. The average Bonchev–Trinajstić information content (AvgIpc) is 3.15. The molecule has 0 saturated carbocycles. The lowest BCUT2D eigenvalue weighted by molar-refractivity contribution is 0.0950. The smallest absolute Gasteiger partial charge is 0.253 e. The van der Waals surface area contributed by atoms with Crippen LogP contribution in [0.3, 0.4) is 0 Å². The number of anilines is 1. The van der Waals surface area contributed by atoms with Crippen LogP contribution in [-0.2, 0) is 13.0 Å². The van der Waals surface area contributed by atoms with Crippen LogP contribution >= 0.6 is 11.3 Å². The average molecular weight is 374 g/mol. The molecule has 0 unspecified atom stereocenters. The number of aryl methyl sites for hydroxylation is 1. The molecule has 1 aliphatic rings. The molecule has 3 heterocycles. The number of aromatic nitrogens is 2. The van der Waals surface area contributed by atoms with Crippen molar-refractivity contribution in [2.45, 2.75) is 39.3 Å². The molecule has 0 aromatic carbocycles. The zero-order valence-electron chi connectivity index (χ0n) is 15.7. The number of piperazine rings is 1. The summed E-state index contributed by atoms with van der Waals surface area (Å²) in [7, 11) is 2.18. The first kappa shape index (κ1) is 18.8. The van der Waals surface area contributed by atoms with Crippen molar-refractivity contribution in [3.63, 3.8) is 0 Å². The molecule has 1 saturated heterocycles. The highest BCUT2D eigenvalue weighted by atomic mass is 32.1. The van der Waals surface area contributed by atoms with E-state index in [2.05, 4.69) is 46.0 Å². The molecule has 140 valence electrons. The number of pyridine rings is 1. The second-order valence-electron chi connectivity index (χ2n) is 6.66. The number of amides is 1. The molecule has 1 fully saturated rings. The number of rotatable bonds is 6. The summed E-state index contributed by atoms with van der Waals surface area (Å²) in [6.07, 6.45) is 3.72. The molecule has 0 aliphatic carbocycles. The van der Waals surface area contributed by atoms with Gasteiger partial charge in [0.1, 0.15) is 10.8 Å². The van der Waals surface area contributed by atoms with Gasteiger partial charge in [-0.25, -0.2) is 9.97 Å². The second kappa shape index (κ2) is 8.60. The molecule has 26 heavy (non-hydrogen) atoms. The van der Waals surface area contributed by atoms with Gasteiger partial charge in [0.15, 0.2) is 0 Å². The van der Waals surface area contributed by atoms with Gasteiger partial charge in [-0.2, -0.15) is 0 Å². The highest BCUT2D eigenvalue weighted by Crippen LogP contribution is 2.18. The van der Waals surface area contributed by atoms with E-state index >= 15 is 0 Å². The molecule has 2 aromatic heterocycles. The van der Waals surface area contributed by atoms with Crippen LogP contribution in [0.1, 0.15) is 41.3 Å². The predicted octanol–water partition coefficient (Wildman–Crippen LogP) is 2.56. The summed E-state index contributed by atoms with van der Waals surface area (Å²) in [5, 5.41) is 5.89. The molecule has 3 rings (SSSR count). The Morgan fingerprint density at radius 1 is 1.35 bits per heavy atom. The number of carbonyl (C=O) groups excluding carboxylic acids is 1. The van der Waals surface area contributed by atoms with Crippen molar-refractivity contribution in [3.05, 3.63) is 40.0 Å². The van der Waals surface area contributed by atoms with Gasteiger partial charge in [0.2, 0.25) is 0 Å². The van der Waals surface area contributed by atoms with Crippen LogP contribution in [0.4, 0.5) is 5.82 Å². The quantitative estimate of drug-likeness (QED) is 0.843. The summed E-state index contributed by atoms with van der Waals surface area (Å²) < 4.78 is 0. The first-order chi connectivity index (χ1) is 12.6. The summed E-state index contributed by atoms with van der Waals surface area (Å²) >= 11 is 1.58. The molecule has 1 atom stereocenters. The molecule has 6 nitrogen and oxygen atoms in total. The lowest BCUT2D eigenvalue weighted by Gasteiger charge is -2.39. The Morgan fingerprint density at radius 2 is 2.19 bits per heavy atom. The Kier molecular flexibility index (Phi) is 6.21. The van der Waals surface area contributed by atoms with Gasteiger partial charge in [-0.05, 0) is 32.0 Å². The largest absolute Gasteiger partial charge is 0.354 e. The van der Waals surface area contributed by atoms with Gasteiger partial charge in [0.05, 0.1) is 17.8 Å². The van der Waals surface area contributed by atoms with Crippen LogP contribution < -0.4 is 10.2 Å². The minimum Gasteiger partial charge on any atom is -0.354 e. The Hall–Kier alpha value is -1.99. The van der Waals surface area contributed by atoms with Crippen molar-refractivity contribution in [2.75, 3.05) is 31.6 Å².